The zero-order valence-electron chi connectivity index (χ0n) is 27.5. The van der Waals surface area contributed by atoms with E-state index in [-0.39, 0.29) is 16.2 Å². The number of benzene rings is 6. The molecule has 0 radical (unpaired) electrons. The van der Waals surface area contributed by atoms with E-state index in [1.807, 2.05) is 0 Å². The number of nitrogens with zero attached hydrogens (tertiary/aromatic N) is 1. The fourth-order valence-electron chi connectivity index (χ4n) is 8.60. The van der Waals surface area contributed by atoms with Crippen molar-refractivity contribution in [2.75, 3.05) is 4.90 Å². The minimum Gasteiger partial charge on any atom is -0.309 e. The number of hydrogen-bond donors (Lipinski definition) is 0. The maximum atomic E-state index is 2.60. The van der Waals surface area contributed by atoms with E-state index in [1.54, 1.807) is 0 Å². The summed E-state index contributed by atoms with van der Waals surface area (Å²) in [6.07, 6.45) is 0. The van der Waals surface area contributed by atoms with Crippen LogP contribution in [0.5, 0.6) is 0 Å². The average molecular weight is 584 g/mol. The van der Waals surface area contributed by atoms with Gasteiger partial charge in [-0.1, -0.05) is 152 Å². The Labute approximate surface area is 268 Å². The van der Waals surface area contributed by atoms with Gasteiger partial charge in [0.1, 0.15) is 0 Å². The second-order valence-electron chi connectivity index (χ2n) is 15.0. The van der Waals surface area contributed by atoms with Crippen molar-refractivity contribution < 1.29 is 0 Å². The van der Waals surface area contributed by atoms with Gasteiger partial charge in [0.05, 0.1) is 11.4 Å². The lowest BCUT2D eigenvalue weighted by Crippen LogP contribution is -2.27. The van der Waals surface area contributed by atoms with Crippen LogP contribution in [0.15, 0.2) is 121 Å². The molecule has 0 saturated heterocycles. The molecule has 0 atom stereocenters. The van der Waals surface area contributed by atoms with E-state index in [0.717, 1.165) is 0 Å². The smallest absolute Gasteiger partial charge is 0.0556 e. The lowest BCUT2D eigenvalue weighted by Gasteiger charge is -2.39. The number of anilines is 3. The van der Waals surface area contributed by atoms with E-state index < -0.39 is 0 Å². The van der Waals surface area contributed by atoms with Crippen LogP contribution in [0.3, 0.4) is 0 Å². The zero-order valence-corrected chi connectivity index (χ0v) is 27.5. The molecule has 2 aliphatic rings. The highest BCUT2D eigenvalue weighted by molar-refractivity contribution is 6.06. The van der Waals surface area contributed by atoms with Gasteiger partial charge in [0.25, 0.3) is 0 Å². The second kappa shape index (κ2) is 9.44. The van der Waals surface area contributed by atoms with Gasteiger partial charge < -0.3 is 4.90 Å². The molecule has 0 heterocycles. The van der Waals surface area contributed by atoms with Crippen molar-refractivity contribution in [3.8, 4) is 22.3 Å². The third-order valence-electron chi connectivity index (χ3n) is 10.5. The lowest BCUT2D eigenvalue weighted by molar-refractivity contribution is 0.587. The summed E-state index contributed by atoms with van der Waals surface area (Å²) in [6, 6.07) is 45.0. The third-order valence-corrected chi connectivity index (χ3v) is 10.5. The van der Waals surface area contributed by atoms with Crippen LogP contribution in [0, 0.1) is 0 Å². The van der Waals surface area contributed by atoms with Gasteiger partial charge in [-0.15, -0.1) is 0 Å². The molecule has 6 aromatic rings. The SMILES string of the molecule is CC(C)(C)c1c2c(c(N(c3ccccc3)c3cccc4ccccc34)c3c1-c1ccccc1C3(C)C)C(C)(C)c1ccccc1-2. The Morgan fingerprint density at radius 3 is 1.58 bits per heavy atom. The summed E-state index contributed by atoms with van der Waals surface area (Å²) < 4.78 is 0. The molecule has 0 spiro atoms. The van der Waals surface area contributed by atoms with Crippen LogP contribution >= 0.6 is 0 Å². The predicted octanol–water partition coefficient (Wildman–Crippen LogP) is 12.2. The number of para-hydroxylation sites is 1. The van der Waals surface area contributed by atoms with Crippen molar-refractivity contribution in [2.24, 2.45) is 0 Å². The van der Waals surface area contributed by atoms with Gasteiger partial charge in [0, 0.05) is 21.9 Å². The Bertz CT molecular complexity index is 2050. The maximum Gasteiger partial charge on any atom is 0.0556 e. The molecule has 0 aromatic heterocycles. The van der Waals surface area contributed by atoms with E-state index >= 15 is 0 Å². The summed E-state index contributed by atoms with van der Waals surface area (Å²) in [5, 5.41) is 2.51. The molecule has 0 saturated carbocycles. The number of rotatable bonds is 3. The first-order valence-corrected chi connectivity index (χ1v) is 16.3. The number of fused-ring (bicyclic) bond motifs is 7. The molecular weight excluding hydrogens is 542 g/mol. The molecule has 0 N–H and O–H groups in total. The fraction of sp³-hybridized carbons (Fsp3) is 0.227. The predicted molar refractivity (Wildman–Crippen MR) is 192 cm³/mol. The molecule has 0 unspecified atom stereocenters. The molecule has 1 nitrogen and oxygen atoms in total. The summed E-state index contributed by atoms with van der Waals surface area (Å²) >= 11 is 0. The number of hydrogen-bond acceptors (Lipinski definition) is 1. The molecule has 0 fully saturated rings. The van der Waals surface area contributed by atoms with Gasteiger partial charge in [-0.05, 0) is 79.1 Å². The van der Waals surface area contributed by atoms with E-state index in [4.69, 9.17) is 0 Å². The van der Waals surface area contributed by atoms with Crippen LogP contribution in [0.4, 0.5) is 17.1 Å². The molecule has 45 heavy (non-hydrogen) atoms. The summed E-state index contributed by atoms with van der Waals surface area (Å²) in [5.74, 6) is 0. The van der Waals surface area contributed by atoms with E-state index in [2.05, 4.69) is 175 Å². The Balaban J connectivity index is 1.65. The molecule has 0 amide bonds. The van der Waals surface area contributed by atoms with Crippen LogP contribution in [0.25, 0.3) is 33.0 Å². The Morgan fingerprint density at radius 1 is 0.511 bits per heavy atom. The highest BCUT2D eigenvalue weighted by Gasteiger charge is 2.50. The monoisotopic (exact) mass is 583 g/mol. The van der Waals surface area contributed by atoms with Crippen molar-refractivity contribution in [3.63, 3.8) is 0 Å². The van der Waals surface area contributed by atoms with Gasteiger partial charge in [-0.3, -0.25) is 0 Å². The molecule has 222 valence electrons. The van der Waals surface area contributed by atoms with Crippen molar-refractivity contribution >= 4 is 27.8 Å². The topological polar surface area (TPSA) is 3.24 Å². The molecule has 0 bridgehead atoms. The zero-order chi connectivity index (χ0) is 31.3. The summed E-state index contributed by atoms with van der Waals surface area (Å²) in [4.78, 5) is 2.60. The summed E-state index contributed by atoms with van der Waals surface area (Å²) in [6.45, 7) is 17.0. The largest absolute Gasteiger partial charge is 0.309 e. The fourth-order valence-corrected chi connectivity index (χ4v) is 8.60. The van der Waals surface area contributed by atoms with Crippen LogP contribution in [-0.2, 0) is 16.2 Å². The van der Waals surface area contributed by atoms with Gasteiger partial charge >= 0.3 is 0 Å². The van der Waals surface area contributed by atoms with Gasteiger partial charge in [-0.25, -0.2) is 0 Å². The molecule has 0 aliphatic heterocycles. The third kappa shape index (κ3) is 3.80. The van der Waals surface area contributed by atoms with Crippen molar-refractivity contribution in [2.45, 2.75) is 64.7 Å². The maximum absolute atomic E-state index is 2.60. The van der Waals surface area contributed by atoms with E-state index in [1.165, 1.54) is 77.9 Å². The quantitative estimate of drug-likeness (QED) is 0.200. The average Bonchev–Trinajstić information content (AvgIpc) is 3.41. The van der Waals surface area contributed by atoms with Gasteiger partial charge in [0.2, 0.25) is 0 Å². The standard InChI is InChI=1S/C44H41N/c1-42(2,3)38-36-31-23-13-15-25-33(31)43(4,5)39(36)41(40-37(38)32-24-14-16-26-34(32)44(40,6)7)45(29-20-9-8-10-21-29)35-27-17-19-28-18-11-12-22-30(28)35/h8-27H,1-7H3. The van der Waals surface area contributed by atoms with Crippen molar-refractivity contribution in [1.82, 2.24) is 0 Å². The normalized spacial score (nSPS) is 15.4. The van der Waals surface area contributed by atoms with Crippen LogP contribution < -0.4 is 4.90 Å². The lowest BCUT2D eigenvalue weighted by atomic mass is 9.70. The van der Waals surface area contributed by atoms with Gasteiger partial charge in [0.15, 0.2) is 0 Å². The second-order valence-corrected chi connectivity index (χ2v) is 15.0. The minimum absolute atomic E-state index is 0.0786. The molecule has 2 aliphatic carbocycles. The Morgan fingerprint density at radius 2 is 1.00 bits per heavy atom. The molecule has 8 rings (SSSR count). The van der Waals surface area contributed by atoms with Crippen LogP contribution in [0.2, 0.25) is 0 Å². The van der Waals surface area contributed by atoms with Crippen LogP contribution in [-0.4, -0.2) is 0 Å². The first-order valence-electron chi connectivity index (χ1n) is 16.3. The highest BCUT2D eigenvalue weighted by atomic mass is 15.2. The minimum atomic E-state index is -0.210. The first kappa shape index (κ1) is 27.9. The Kier molecular flexibility index (Phi) is 5.85. The highest BCUT2D eigenvalue weighted by Crippen LogP contribution is 2.65. The molecule has 1 heteroatoms. The van der Waals surface area contributed by atoms with E-state index in [0.29, 0.717) is 0 Å². The summed E-state index contributed by atoms with van der Waals surface area (Å²) in [5.41, 5.74) is 16.0. The molecular formula is C44H41N. The van der Waals surface area contributed by atoms with Crippen LogP contribution in [0.1, 0.15) is 76.3 Å². The van der Waals surface area contributed by atoms with Crippen molar-refractivity contribution in [1.29, 1.82) is 0 Å². The van der Waals surface area contributed by atoms with Crippen molar-refractivity contribution in [3.05, 3.63) is 149 Å². The van der Waals surface area contributed by atoms with E-state index in [9.17, 15) is 0 Å². The summed E-state index contributed by atoms with van der Waals surface area (Å²) in [7, 11) is 0. The van der Waals surface area contributed by atoms with Gasteiger partial charge in [-0.2, -0.15) is 0 Å². The molecule has 6 aromatic carbocycles. The Hall–Kier alpha value is -4.62. The first-order chi connectivity index (χ1) is 21.5.